The number of carbonyl (C=O) groups excluding carboxylic acids is 1. The molecule has 0 saturated heterocycles. The fourth-order valence-electron chi connectivity index (χ4n) is 1.07. The van der Waals surface area contributed by atoms with Crippen LogP contribution in [0.25, 0.3) is 6.08 Å². The molecule has 1 rings (SSSR count). The van der Waals surface area contributed by atoms with Crippen LogP contribution in [0.1, 0.15) is 18.1 Å². The Kier molecular flexibility index (Phi) is 3.27. The van der Waals surface area contributed by atoms with E-state index < -0.39 is 0 Å². The summed E-state index contributed by atoms with van der Waals surface area (Å²) in [6, 6.07) is 8.15. The van der Waals surface area contributed by atoms with Gasteiger partial charge in [0, 0.05) is 0 Å². The van der Waals surface area contributed by atoms with Crippen LogP contribution in [0.4, 0.5) is 0 Å². The summed E-state index contributed by atoms with van der Waals surface area (Å²) in [6.07, 6.45) is 5.14. The van der Waals surface area contributed by atoms with Crippen LogP contribution in [0, 0.1) is 0 Å². The molecule has 0 atom stereocenters. The highest BCUT2D eigenvalue weighted by Gasteiger charge is 1.88. The Morgan fingerprint density at radius 2 is 2.25 bits per heavy atom. The summed E-state index contributed by atoms with van der Waals surface area (Å²) in [5.74, 6) is 0. The lowest BCUT2D eigenvalue weighted by Crippen LogP contribution is -1.80. The molecule has 1 heteroatoms. The van der Waals surface area contributed by atoms with Gasteiger partial charge in [-0.05, 0) is 23.6 Å². The molecule has 0 aliphatic rings. The Bertz CT molecular complexity index is 287. The molecule has 0 saturated carbocycles. The van der Waals surface area contributed by atoms with Gasteiger partial charge in [-0.3, -0.25) is 4.79 Å². The third-order valence-electron chi connectivity index (χ3n) is 1.73. The van der Waals surface area contributed by atoms with Crippen LogP contribution in [0.5, 0.6) is 0 Å². The summed E-state index contributed by atoms with van der Waals surface area (Å²) in [4.78, 5) is 10.0. The van der Waals surface area contributed by atoms with E-state index in [1.807, 2.05) is 18.2 Å². The SMILES string of the molecule is CCc1cccc(/C=C/C=O)c1. The van der Waals surface area contributed by atoms with Crippen molar-refractivity contribution < 1.29 is 4.79 Å². The zero-order valence-electron chi connectivity index (χ0n) is 7.16. The molecule has 0 heterocycles. The summed E-state index contributed by atoms with van der Waals surface area (Å²) in [5, 5.41) is 0. The normalized spacial score (nSPS) is 10.4. The highest BCUT2D eigenvalue weighted by atomic mass is 16.1. The van der Waals surface area contributed by atoms with Crippen LogP contribution in [0.2, 0.25) is 0 Å². The molecule has 0 aromatic heterocycles. The van der Waals surface area contributed by atoms with Gasteiger partial charge in [0.05, 0.1) is 0 Å². The second-order valence-corrected chi connectivity index (χ2v) is 2.59. The summed E-state index contributed by atoms with van der Waals surface area (Å²) in [7, 11) is 0. The Morgan fingerprint density at radius 3 is 2.92 bits per heavy atom. The molecule has 0 spiro atoms. The predicted molar refractivity (Wildman–Crippen MR) is 50.9 cm³/mol. The first-order valence-corrected chi connectivity index (χ1v) is 4.07. The topological polar surface area (TPSA) is 17.1 Å². The van der Waals surface area contributed by atoms with Crippen LogP contribution in [-0.4, -0.2) is 6.29 Å². The maximum atomic E-state index is 10.0. The molecule has 12 heavy (non-hydrogen) atoms. The van der Waals surface area contributed by atoms with E-state index in [-0.39, 0.29) is 0 Å². The number of aldehydes is 1. The van der Waals surface area contributed by atoms with Crippen LogP contribution in [0.3, 0.4) is 0 Å². The zero-order chi connectivity index (χ0) is 8.81. The van der Waals surface area contributed by atoms with Gasteiger partial charge in [0.15, 0.2) is 0 Å². The monoisotopic (exact) mass is 160 g/mol. The van der Waals surface area contributed by atoms with Crippen LogP contribution in [-0.2, 0) is 11.2 Å². The number of hydrogen-bond donors (Lipinski definition) is 0. The standard InChI is InChI=1S/C11H12O/c1-2-10-5-3-6-11(9-10)7-4-8-12/h3-9H,2H2,1H3/b7-4+. The predicted octanol–water partition coefficient (Wildman–Crippen LogP) is 2.46. The van der Waals surface area contributed by atoms with Gasteiger partial charge < -0.3 is 0 Å². The lowest BCUT2D eigenvalue weighted by atomic mass is 10.1. The summed E-state index contributed by atoms with van der Waals surface area (Å²) >= 11 is 0. The van der Waals surface area contributed by atoms with Crippen molar-refractivity contribution in [2.24, 2.45) is 0 Å². The minimum absolute atomic E-state index is 0.790. The first kappa shape index (κ1) is 8.72. The molecule has 0 unspecified atom stereocenters. The Morgan fingerprint density at radius 1 is 1.42 bits per heavy atom. The fourth-order valence-corrected chi connectivity index (χ4v) is 1.07. The minimum Gasteiger partial charge on any atom is -0.299 e. The quantitative estimate of drug-likeness (QED) is 0.490. The van der Waals surface area contributed by atoms with Gasteiger partial charge in [-0.2, -0.15) is 0 Å². The number of rotatable bonds is 3. The molecule has 1 aromatic carbocycles. The molecule has 0 aliphatic carbocycles. The Hall–Kier alpha value is -1.37. The zero-order valence-corrected chi connectivity index (χ0v) is 7.16. The minimum atomic E-state index is 0.790. The maximum Gasteiger partial charge on any atom is 0.142 e. The van der Waals surface area contributed by atoms with E-state index >= 15 is 0 Å². The van der Waals surface area contributed by atoms with E-state index in [2.05, 4.69) is 19.1 Å². The molecular formula is C11H12O. The van der Waals surface area contributed by atoms with Gasteiger partial charge in [0.2, 0.25) is 0 Å². The van der Waals surface area contributed by atoms with E-state index in [1.54, 1.807) is 0 Å². The average Bonchev–Trinajstić information content (AvgIpc) is 2.15. The van der Waals surface area contributed by atoms with Crippen molar-refractivity contribution in [3.05, 3.63) is 41.5 Å². The number of hydrogen-bond acceptors (Lipinski definition) is 1. The van der Waals surface area contributed by atoms with Crippen molar-refractivity contribution in [3.8, 4) is 0 Å². The van der Waals surface area contributed by atoms with E-state index in [0.29, 0.717) is 0 Å². The number of allylic oxidation sites excluding steroid dienone is 1. The van der Waals surface area contributed by atoms with E-state index in [4.69, 9.17) is 0 Å². The Labute approximate surface area is 72.7 Å². The third-order valence-corrected chi connectivity index (χ3v) is 1.73. The third kappa shape index (κ3) is 2.35. The molecule has 0 amide bonds. The maximum absolute atomic E-state index is 10.0. The lowest BCUT2D eigenvalue weighted by molar-refractivity contribution is -0.104. The molecule has 62 valence electrons. The summed E-state index contributed by atoms with van der Waals surface area (Å²) < 4.78 is 0. The molecule has 0 aliphatic heterocycles. The molecular weight excluding hydrogens is 148 g/mol. The van der Waals surface area contributed by atoms with Gasteiger partial charge in [-0.1, -0.05) is 37.3 Å². The summed E-state index contributed by atoms with van der Waals surface area (Å²) in [6.45, 7) is 2.11. The van der Waals surface area contributed by atoms with Crippen molar-refractivity contribution in [1.29, 1.82) is 0 Å². The number of aryl methyl sites for hydroxylation is 1. The second kappa shape index (κ2) is 4.50. The smallest absolute Gasteiger partial charge is 0.142 e. The Balaban J connectivity index is 2.86. The van der Waals surface area contributed by atoms with Crippen molar-refractivity contribution >= 4 is 12.4 Å². The van der Waals surface area contributed by atoms with Gasteiger partial charge >= 0.3 is 0 Å². The van der Waals surface area contributed by atoms with Crippen molar-refractivity contribution in [2.75, 3.05) is 0 Å². The van der Waals surface area contributed by atoms with Crippen molar-refractivity contribution in [2.45, 2.75) is 13.3 Å². The average molecular weight is 160 g/mol. The van der Waals surface area contributed by atoms with Gasteiger partial charge in [-0.25, -0.2) is 0 Å². The molecule has 0 bridgehead atoms. The largest absolute Gasteiger partial charge is 0.299 e. The highest BCUT2D eigenvalue weighted by Crippen LogP contribution is 2.06. The van der Waals surface area contributed by atoms with Crippen molar-refractivity contribution in [1.82, 2.24) is 0 Å². The van der Waals surface area contributed by atoms with Crippen LogP contribution < -0.4 is 0 Å². The van der Waals surface area contributed by atoms with Gasteiger partial charge in [0.1, 0.15) is 6.29 Å². The van der Waals surface area contributed by atoms with Gasteiger partial charge in [-0.15, -0.1) is 0 Å². The first-order valence-electron chi connectivity index (χ1n) is 4.07. The number of benzene rings is 1. The highest BCUT2D eigenvalue weighted by molar-refractivity contribution is 5.73. The second-order valence-electron chi connectivity index (χ2n) is 2.59. The lowest BCUT2D eigenvalue weighted by Gasteiger charge is -1.96. The van der Waals surface area contributed by atoms with Crippen LogP contribution in [0.15, 0.2) is 30.3 Å². The van der Waals surface area contributed by atoms with E-state index in [1.165, 1.54) is 11.6 Å². The number of carbonyl (C=O) groups is 1. The van der Waals surface area contributed by atoms with Crippen LogP contribution >= 0.6 is 0 Å². The summed E-state index contributed by atoms with van der Waals surface area (Å²) in [5.41, 5.74) is 2.38. The molecule has 1 nitrogen and oxygen atoms in total. The molecule has 0 radical (unpaired) electrons. The molecule has 0 N–H and O–H groups in total. The van der Waals surface area contributed by atoms with Crippen molar-refractivity contribution in [3.63, 3.8) is 0 Å². The van der Waals surface area contributed by atoms with E-state index in [9.17, 15) is 4.79 Å². The van der Waals surface area contributed by atoms with Gasteiger partial charge in [0.25, 0.3) is 0 Å². The van der Waals surface area contributed by atoms with E-state index in [0.717, 1.165) is 18.3 Å². The molecule has 0 fully saturated rings. The first-order chi connectivity index (χ1) is 5.86. The fraction of sp³-hybridized carbons (Fsp3) is 0.182. The molecule has 1 aromatic rings.